The van der Waals surface area contributed by atoms with E-state index in [0.29, 0.717) is 10.5 Å². The molecule has 2 heterocycles. The van der Waals surface area contributed by atoms with Crippen molar-refractivity contribution in [3.05, 3.63) is 52.2 Å². The number of nitrogens with two attached hydrogens (primary N) is 1. The highest BCUT2D eigenvalue weighted by Gasteiger charge is 2.28. The number of halogens is 3. The van der Waals surface area contributed by atoms with Gasteiger partial charge in [0, 0.05) is 24.9 Å². The van der Waals surface area contributed by atoms with Crippen LogP contribution in [0.1, 0.15) is 5.69 Å². The van der Waals surface area contributed by atoms with Gasteiger partial charge in [0.05, 0.1) is 11.1 Å². The Bertz CT molecular complexity index is 1180. The Balaban J connectivity index is 2.31. The molecule has 2 aromatic heterocycles. The fourth-order valence-electron chi connectivity index (χ4n) is 2.59. The van der Waals surface area contributed by atoms with E-state index in [1.807, 2.05) is 6.07 Å². The summed E-state index contributed by atoms with van der Waals surface area (Å²) in [5.41, 5.74) is 3.95. The number of nitrogens with zero attached hydrogens (tertiary/aromatic N) is 3. The van der Waals surface area contributed by atoms with Crippen molar-refractivity contribution in [1.82, 2.24) is 4.98 Å². The number of anilines is 2. The van der Waals surface area contributed by atoms with Crippen LogP contribution >= 0.6 is 0 Å². The summed E-state index contributed by atoms with van der Waals surface area (Å²) >= 11 is 0. The Morgan fingerprint density at radius 3 is 2.64 bits per heavy atom. The van der Waals surface area contributed by atoms with Crippen LogP contribution in [0.5, 0.6) is 0 Å². The minimum Gasteiger partial charge on any atom is -0.453 e. The molecule has 0 saturated carbocycles. The monoisotopic (exact) mass is 388 g/mol. The van der Waals surface area contributed by atoms with Crippen molar-refractivity contribution in [1.29, 1.82) is 5.26 Å². The summed E-state index contributed by atoms with van der Waals surface area (Å²) in [4.78, 5) is 28.4. The predicted octanol–water partition coefficient (Wildman–Crippen LogP) is 2.68. The average Bonchev–Trinajstić information content (AvgIpc) is 2.68. The van der Waals surface area contributed by atoms with Crippen molar-refractivity contribution in [3.8, 4) is 17.4 Å². The van der Waals surface area contributed by atoms with Gasteiger partial charge < -0.3 is 15.1 Å². The molecule has 10 heteroatoms. The third kappa shape index (κ3) is 3.14. The zero-order chi connectivity index (χ0) is 20.6. The first kappa shape index (κ1) is 18.9. The molecule has 0 saturated heterocycles. The second kappa shape index (κ2) is 7.03. The van der Waals surface area contributed by atoms with Crippen LogP contribution < -0.4 is 16.1 Å². The molecule has 0 fully saturated rings. The average molecular weight is 388 g/mol. The Morgan fingerprint density at radius 1 is 1.36 bits per heavy atom. The van der Waals surface area contributed by atoms with Gasteiger partial charge in [-0.15, -0.1) is 0 Å². The van der Waals surface area contributed by atoms with Crippen LogP contribution in [0.3, 0.4) is 0 Å². The van der Waals surface area contributed by atoms with Crippen LogP contribution in [0.25, 0.3) is 22.3 Å². The highest BCUT2D eigenvalue weighted by Crippen LogP contribution is 2.36. The van der Waals surface area contributed by atoms with Crippen molar-refractivity contribution < 1.29 is 22.4 Å². The second-order valence-corrected chi connectivity index (χ2v) is 5.71. The first-order valence-electron chi connectivity index (χ1n) is 7.72. The first-order chi connectivity index (χ1) is 13.2. The lowest BCUT2D eigenvalue weighted by molar-refractivity contribution is -0.128. The number of pyridine rings is 1. The standard InChI is InChI=1S/C18H11F3N4O3/c1-25(18(27)17(20)21)15-14(23)11(19)4-10-12(26)5-13(28-16(10)15)8-2-3-9(6-22)24-7-8/h2-5,7,17H,23H2,1H3. The number of aromatic nitrogens is 1. The molecule has 0 aliphatic rings. The summed E-state index contributed by atoms with van der Waals surface area (Å²) in [6, 6.07) is 6.53. The van der Waals surface area contributed by atoms with Gasteiger partial charge in [-0.2, -0.15) is 14.0 Å². The maximum atomic E-state index is 14.1. The number of carbonyl (C=O) groups is 1. The third-order valence-corrected chi connectivity index (χ3v) is 4.00. The molecule has 0 unspecified atom stereocenters. The zero-order valence-electron chi connectivity index (χ0n) is 14.2. The summed E-state index contributed by atoms with van der Waals surface area (Å²) < 4.78 is 45.4. The fraction of sp³-hybridized carbons (Fsp3) is 0.111. The van der Waals surface area contributed by atoms with Crippen LogP contribution in [-0.2, 0) is 4.79 Å². The van der Waals surface area contributed by atoms with E-state index >= 15 is 0 Å². The highest BCUT2D eigenvalue weighted by molar-refractivity contribution is 6.06. The van der Waals surface area contributed by atoms with Gasteiger partial charge in [0.2, 0.25) is 0 Å². The van der Waals surface area contributed by atoms with E-state index in [-0.39, 0.29) is 22.4 Å². The molecule has 142 valence electrons. The Hall–Kier alpha value is -3.87. The lowest BCUT2D eigenvalue weighted by atomic mass is 10.1. The molecule has 0 bridgehead atoms. The number of benzene rings is 1. The summed E-state index contributed by atoms with van der Waals surface area (Å²) in [6.07, 6.45) is -2.11. The minimum absolute atomic E-state index is 0.0281. The molecular weight excluding hydrogens is 377 g/mol. The van der Waals surface area contributed by atoms with Crippen LogP contribution in [0.2, 0.25) is 0 Å². The molecule has 0 atom stereocenters. The SMILES string of the molecule is CN(C(=O)C(F)F)c1c(N)c(F)cc2c(=O)cc(-c3ccc(C#N)nc3)oc12. The lowest BCUT2D eigenvalue weighted by Gasteiger charge is -2.20. The topological polar surface area (TPSA) is 113 Å². The van der Waals surface area contributed by atoms with Crippen LogP contribution in [-0.4, -0.2) is 24.4 Å². The number of hydrogen-bond donors (Lipinski definition) is 1. The Kier molecular flexibility index (Phi) is 4.75. The number of nitrogen functional groups attached to an aromatic ring is 1. The number of hydrogen-bond acceptors (Lipinski definition) is 6. The van der Waals surface area contributed by atoms with Crippen LogP contribution in [0.4, 0.5) is 24.5 Å². The zero-order valence-corrected chi connectivity index (χ0v) is 14.2. The van der Waals surface area contributed by atoms with Gasteiger partial charge in [-0.1, -0.05) is 0 Å². The summed E-state index contributed by atoms with van der Waals surface area (Å²) in [7, 11) is 0.967. The molecule has 1 amide bonds. The molecule has 1 aromatic carbocycles. The van der Waals surface area contributed by atoms with E-state index in [1.165, 1.54) is 18.3 Å². The van der Waals surface area contributed by atoms with Gasteiger partial charge >= 0.3 is 6.43 Å². The molecule has 0 aliphatic carbocycles. The lowest BCUT2D eigenvalue weighted by Crippen LogP contribution is -2.33. The van der Waals surface area contributed by atoms with E-state index in [0.717, 1.165) is 19.2 Å². The van der Waals surface area contributed by atoms with E-state index in [9.17, 15) is 22.8 Å². The minimum atomic E-state index is -3.37. The molecule has 0 spiro atoms. The van der Waals surface area contributed by atoms with Crippen molar-refractivity contribution in [2.75, 3.05) is 17.7 Å². The second-order valence-electron chi connectivity index (χ2n) is 5.71. The van der Waals surface area contributed by atoms with Crippen molar-refractivity contribution in [3.63, 3.8) is 0 Å². The molecule has 3 aromatic rings. The number of alkyl halides is 2. The van der Waals surface area contributed by atoms with E-state index in [1.54, 1.807) is 0 Å². The van der Waals surface area contributed by atoms with Crippen molar-refractivity contribution in [2.45, 2.75) is 6.43 Å². The summed E-state index contributed by atoms with van der Waals surface area (Å²) in [5, 5.41) is 8.52. The molecule has 0 aliphatic heterocycles. The quantitative estimate of drug-likeness (QED) is 0.690. The molecule has 0 radical (unpaired) electrons. The maximum absolute atomic E-state index is 14.1. The van der Waals surface area contributed by atoms with Gasteiger partial charge in [-0.3, -0.25) is 9.59 Å². The predicted molar refractivity (Wildman–Crippen MR) is 94.2 cm³/mol. The molecule has 3 rings (SSSR count). The number of nitriles is 1. The third-order valence-electron chi connectivity index (χ3n) is 4.00. The van der Waals surface area contributed by atoms with Gasteiger partial charge in [0.15, 0.2) is 11.0 Å². The molecular formula is C18H11F3N4O3. The smallest absolute Gasteiger partial charge is 0.316 e. The van der Waals surface area contributed by atoms with Crippen LogP contribution in [0.15, 0.2) is 39.7 Å². The first-order valence-corrected chi connectivity index (χ1v) is 7.72. The number of amides is 1. The van der Waals surface area contributed by atoms with Crippen LogP contribution in [0, 0.1) is 17.1 Å². The largest absolute Gasteiger partial charge is 0.453 e. The summed E-state index contributed by atoms with van der Waals surface area (Å²) in [6.45, 7) is 0. The van der Waals surface area contributed by atoms with Gasteiger partial charge in [0.1, 0.15) is 29.0 Å². The van der Waals surface area contributed by atoms with Crippen molar-refractivity contribution >= 4 is 28.3 Å². The van der Waals surface area contributed by atoms with Gasteiger partial charge in [-0.05, 0) is 18.2 Å². The fourth-order valence-corrected chi connectivity index (χ4v) is 2.59. The maximum Gasteiger partial charge on any atom is 0.316 e. The van der Waals surface area contributed by atoms with Crippen molar-refractivity contribution in [2.24, 2.45) is 0 Å². The Labute approximate surface area is 155 Å². The highest BCUT2D eigenvalue weighted by atomic mass is 19.3. The molecule has 2 N–H and O–H groups in total. The Morgan fingerprint density at radius 2 is 2.07 bits per heavy atom. The van der Waals surface area contributed by atoms with Gasteiger partial charge in [0.25, 0.3) is 5.91 Å². The molecule has 7 nitrogen and oxygen atoms in total. The van der Waals surface area contributed by atoms with Gasteiger partial charge in [-0.25, -0.2) is 9.37 Å². The number of carbonyl (C=O) groups excluding carboxylic acids is 1. The van der Waals surface area contributed by atoms with E-state index in [2.05, 4.69) is 4.98 Å². The summed E-state index contributed by atoms with van der Waals surface area (Å²) in [5.74, 6) is -2.73. The number of rotatable bonds is 3. The van der Waals surface area contributed by atoms with E-state index in [4.69, 9.17) is 15.4 Å². The molecule has 28 heavy (non-hydrogen) atoms. The normalized spacial score (nSPS) is 10.9. The van der Waals surface area contributed by atoms with E-state index < -0.39 is 35.0 Å². The number of fused-ring (bicyclic) bond motifs is 1.